The van der Waals surface area contributed by atoms with Crippen molar-refractivity contribution in [2.45, 2.75) is 13.0 Å². The number of rotatable bonds is 4. The number of aromatic nitrogens is 3. The van der Waals surface area contributed by atoms with Gasteiger partial charge < -0.3 is 20.5 Å². The molecule has 0 bridgehead atoms. The van der Waals surface area contributed by atoms with Crippen molar-refractivity contribution >= 4 is 16.9 Å². The minimum atomic E-state index is -0.306. The van der Waals surface area contributed by atoms with E-state index in [-0.39, 0.29) is 17.5 Å². The number of benzene rings is 2. The zero-order valence-electron chi connectivity index (χ0n) is 14.1. The van der Waals surface area contributed by atoms with Gasteiger partial charge in [0.05, 0.1) is 6.04 Å². The maximum absolute atomic E-state index is 9.98. The summed E-state index contributed by atoms with van der Waals surface area (Å²) in [6.45, 7) is 2.01. The molecule has 0 aliphatic rings. The van der Waals surface area contributed by atoms with E-state index < -0.39 is 0 Å². The summed E-state index contributed by atoms with van der Waals surface area (Å²) in [5.74, 6) is 0.162. The van der Waals surface area contributed by atoms with E-state index in [9.17, 15) is 10.2 Å². The number of hydrogen-bond acceptors (Lipinski definition) is 5. The van der Waals surface area contributed by atoms with Gasteiger partial charge in [0, 0.05) is 34.6 Å². The first-order valence-corrected chi connectivity index (χ1v) is 8.26. The van der Waals surface area contributed by atoms with Crippen molar-refractivity contribution in [2.24, 2.45) is 0 Å². The third-order valence-electron chi connectivity index (χ3n) is 4.40. The molecule has 0 saturated heterocycles. The number of nitrogens with zero attached hydrogens (tertiary/aromatic N) is 2. The van der Waals surface area contributed by atoms with Gasteiger partial charge in [0.1, 0.15) is 0 Å². The van der Waals surface area contributed by atoms with Crippen LogP contribution in [-0.4, -0.2) is 25.2 Å². The number of fused-ring (bicyclic) bond motifs is 1. The van der Waals surface area contributed by atoms with Crippen LogP contribution in [0.3, 0.4) is 0 Å². The molecule has 4 N–H and O–H groups in total. The SMILES string of the molecule is Cc1[nH]c2ccccc2c1C(Nc1ncccn1)c1ccc(O)c(O)c1. The van der Waals surface area contributed by atoms with Crippen molar-refractivity contribution in [3.8, 4) is 11.5 Å². The summed E-state index contributed by atoms with van der Waals surface area (Å²) >= 11 is 0. The molecule has 1 atom stereocenters. The summed E-state index contributed by atoms with van der Waals surface area (Å²) in [5.41, 5.74) is 3.87. The first-order chi connectivity index (χ1) is 12.6. The minimum Gasteiger partial charge on any atom is -0.504 e. The number of para-hydroxylation sites is 1. The number of aromatic hydroxyl groups is 2. The quantitative estimate of drug-likeness (QED) is 0.421. The number of hydrogen-bond donors (Lipinski definition) is 4. The summed E-state index contributed by atoms with van der Waals surface area (Å²) in [7, 11) is 0. The van der Waals surface area contributed by atoms with E-state index in [1.165, 1.54) is 6.07 Å². The first-order valence-electron chi connectivity index (χ1n) is 8.26. The lowest BCUT2D eigenvalue weighted by molar-refractivity contribution is 0.403. The molecule has 0 amide bonds. The van der Waals surface area contributed by atoms with Gasteiger partial charge in [0.15, 0.2) is 11.5 Å². The lowest BCUT2D eigenvalue weighted by Crippen LogP contribution is -2.15. The zero-order chi connectivity index (χ0) is 18.1. The number of phenols is 2. The molecular formula is C20H18N4O2. The summed E-state index contributed by atoms with van der Waals surface area (Å²) in [6, 6.07) is 14.3. The van der Waals surface area contributed by atoms with Gasteiger partial charge in [-0.1, -0.05) is 24.3 Å². The maximum Gasteiger partial charge on any atom is 0.223 e. The molecule has 6 nitrogen and oxygen atoms in total. The van der Waals surface area contributed by atoms with Crippen molar-refractivity contribution in [1.29, 1.82) is 0 Å². The van der Waals surface area contributed by atoms with Crippen LogP contribution in [0.2, 0.25) is 0 Å². The van der Waals surface area contributed by atoms with Crippen molar-refractivity contribution in [1.82, 2.24) is 15.0 Å². The standard InChI is InChI=1S/C20H18N4O2/c1-12-18(14-5-2-3-6-15(14)23-12)19(24-20-21-9-4-10-22-20)13-7-8-16(25)17(26)11-13/h2-11,19,23,25-26H,1H3,(H,21,22,24). The van der Waals surface area contributed by atoms with Crippen molar-refractivity contribution < 1.29 is 10.2 Å². The number of phenolic OH excluding ortho intramolecular Hbond substituents is 2. The Morgan fingerprint density at radius 1 is 0.962 bits per heavy atom. The van der Waals surface area contributed by atoms with Crippen molar-refractivity contribution in [3.63, 3.8) is 0 Å². The molecule has 2 aromatic heterocycles. The van der Waals surface area contributed by atoms with E-state index in [0.717, 1.165) is 27.7 Å². The Morgan fingerprint density at radius 3 is 2.50 bits per heavy atom. The lowest BCUT2D eigenvalue weighted by Gasteiger charge is -2.20. The lowest BCUT2D eigenvalue weighted by atomic mass is 9.95. The van der Waals surface area contributed by atoms with Crippen LogP contribution in [0.1, 0.15) is 22.9 Å². The zero-order valence-corrected chi connectivity index (χ0v) is 14.1. The van der Waals surface area contributed by atoms with Gasteiger partial charge in [-0.25, -0.2) is 9.97 Å². The molecule has 130 valence electrons. The van der Waals surface area contributed by atoms with Gasteiger partial charge >= 0.3 is 0 Å². The largest absolute Gasteiger partial charge is 0.504 e. The summed E-state index contributed by atoms with van der Waals surface area (Å²) < 4.78 is 0. The van der Waals surface area contributed by atoms with E-state index in [0.29, 0.717) is 5.95 Å². The Morgan fingerprint density at radius 2 is 1.73 bits per heavy atom. The molecule has 0 radical (unpaired) electrons. The van der Waals surface area contributed by atoms with Gasteiger partial charge in [0.25, 0.3) is 0 Å². The number of aromatic amines is 1. The first kappa shape index (κ1) is 16.0. The fraction of sp³-hybridized carbons (Fsp3) is 0.100. The third kappa shape index (κ3) is 2.82. The normalized spacial score (nSPS) is 12.2. The molecule has 0 aliphatic carbocycles. The van der Waals surface area contributed by atoms with Crippen LogP contribution in [0, 0.1) is 6.92 Å². The van der Waals surface area contributed by atoms with Crippen LogP contribution >= 0.6 is 0 Å². The predicted octanol–water partition coefficient (Wildman–Crippen LogP) is 3.88. The van der Waals surface area contributed by atoms with Crippen LogP contribution < -0.4 is 5.32 Å². The molecule has 0 fully saturated rings. The second kappa shape index (κ2) is 6.40. The Labute approximate surface area is 150 Å². The number of anilines is 1. The molecule has 1 unspecified atom stereocenters. The summed E-state index contributed by atoms with van der Waals surface area (Å²) in [5, 5.41) is 24.1. The fourth-order valence-electron chi connectivity index (χ4n) is 3.22. The van der Waals surface area contributed by atoms with Crippen LogP contribution in [0.25, 0.3) is 10.9 Å². The fourth-order valence-corrected chi connectivity index (χ4v) is 3.22. The highest BCUT2D eigenvalue weighted by Gasteiger charge is 2.22. The molecule has 2 aromatic carbocycles. The number of nitrogens with one attached hydrogen (secondary N) is 2. The number of H-pyrrole nitrogens is 1. The smallest absolute Gasteiger partial charge is 0.223 e. The highest BCUT2D eigenvalue weighted by molar-refractivity contribution is 5.86. The van der Waals surface area contributed by atoms with Crippen LogP contribution in [0.5, 0.6) is 11.5 Å². The van der Waals surface area contributed by atoms with Gasteiger partial charge in [0.2, 0.25) is 5.95 Å². The van der Waals surface area contributed by atoms with Gasteiger partial charge in [-0.15, -0.1) is 0 Å². The second-order valence-corrected chi connectivity index (χ2v) is 6.11. The number of aryl methyl sites for hydroxylation is 1. The van der Waals surface area contributed by atoms with E-state index in [4.69, 9.17) is 0 Å². The van der Waals surface area contributed by atoms with Crippen LogP contribution in [-0.2, 0) is 0 Å². The summed E-state index contributed by atoms with van der Waals surface area (Å²) in [6.07, 6.45) is 3.34. The maximum atomic E-state index is 9.98. The molecule has 26 heavy (non-hydrogen) atoms. The Balaban J connectivity index is 1.89. The summed E-state index contributed by atoms with van der Waals surface area (Å²) in [4.78, 5) is 11.9. The van der Waals surface area contributed by atoms with Crippen molar-refractivity contribution in [2.75, 3.05) is 5.32 Å². The molecule has 0 spiro atoms. The highest BCUT2D eigenvalue weighted by atomic mass is 16.3. The predicted molar refractivity (Wildman–Crippen MR) is 100 cm³/mol. The monoisotopic (exact) mass is 346 g/mol. The average molecular weight is 346 g/mol. The Bertz CT molecular complexity index is 1060. The average Bonchev–Trinajstić information content (AvgIpc) is 2.99. The molecular weight excluding hydrogens is 328 g/mol. The third-order valence-corrected chi connectivity index (χ3v) is 4.40. The highest BCUT2D eigenvalue weighted by Crippen LogP contribution is 2.36. The van der Waals surface area contributed by atoms with Crippen LogP contribution in [0.4, 0.5) is 5.95 Å². The van der Waals surface area contributed by atoms with Gasteiger partial charge in [-0.05, 0) is 36.8 Å². The molecule has 4 rings (SSSR count). The molecule has 2 heterocycles. The van der Waals surface area contributed by atoms with E-state index in [1.54, 1.807) is 30.6 Å². The molecule has 4 aromatic rings. The van der Waals surface area contributed by atoms with Crippen LogP contribution in [0.15, 0.2) is 60.9 Å². The Hall–Kier alpha value is -3.54. The molecule has 6 heteroatoms. The minimum absolute atomic E-state index is 0.154. The molecule has 0 saturated carbocycles. The Kier molecular flexibility index (Phi) is 3.93. The van der Waals surface area contributed by atoms with Gasteiger partial charge in [-0.2, -0.15) is 0 Å². The van der Waals surface area contributed by atoms with E-state index >= 15 is 0 Å². The molecule has 0 aliphatic heterocycles. The van der Waals surface area contributed by atoms with E-state index in [2.05, 4.69) is 26.3 Å². The van der Waals surface area contributed by atoms with Crippen molar-refractivity contribution in [3.05, 3.63) is 77.7 Å². The second-order valence-electron chi connectivity index (χ2n) is 6.11. The topological polar surface area (TPSA) is 94.1 Å². The van der Waals surface area contributed by atoms with E-state index in [1.807, 2.05) is 25.1 Å². The van der Waals surface area contributed by atoms with Gasteiger partial charge in [-0.3, -0.25) is 0 Å².